The molecule has 1 heterocycles. The summed E-state index contributed by atoms with van der Waals surface area (Å²) in [7, 11) is 0. The van der Waals surface area contributed by atoms with Gasteiger partial charge in [0, 0.05) is 34.1 Å². The zero-order chi connectivity index (χ0) is 11.5. The van der Waals surface area contributed by atoms with Crippen LogP contribution < -0.4 is 0 Å². The van der Waals surface area contributed by atoms with Gasteiger partial charge in [0.1, 0.15) is 0 Å². The van der Waals surface area contributed by atoms with Gasteiger partial charge in [-0.15, -0.1) is 11.6 Å². The summed E-state index contributed by atoms with van der Waals surface area (Å²) in [6.45, 7) is 2.79. The maximum atomic E-state index is 6.15. The first-order valence-corrected chi connectivity index (χ1v) is 6.65. The SMILES string of the molecule is Clc1cccc(Cl)c1CN1CCCC(Cl)C1. The molecular formula is C12H14Cl3N. The molecule has 4 heteroatoms. The molecule has 1 nitrogen and oxygen atoms in total. The van der Waals surface area contributed by atoms with Crippen molar-refractivity contribution in [1.29, 1.82) is 0 Å². The maximum absolute atomic E-state index is 6.15. The van der Waals surface area contributed by atoms with Crippen molar-refractivity contribution in [1.82, 2.24) is 4.90 Å². The van der Waals surface area contributed by atoms with Crippen molar-refractivity contribution in [2.45, 2.75) is 24.8 Å². The molecule has 0 N–H and O–H groups in total. The normalized spacial score (nSPS) is 22.3. The van der Waals surface area contributed by atoms with Gasteiger partial charge in [-0.25, -0.2) is 0 Å². The number of hydrogen-bond donors (Lipinski definition) is 0. The Morgan fingerprint density at radius 2 is 1.94 bits per heavy atom. The third kappa shape index (κ3) is 3.04. The number of piperidine rings is 1. The van der Waals surface area contributed by atoms with Crippen LogP contribution in [0.1, 0.15) is 18.4 Å². The van der Waals surface area contributed by atoms with Gasteiger partial charge < -0.3 is 0 Å². The largest absolute Gasteiger partial charge is 0.298 e. The van der Waals surface area contributed by atoms with Crippen LogP contribution in [0.2, 0.25) is 10.0 Å². The van der Waals surface area contributed by atoms with Crippen LogP contribution in [0.3, 0.4) is 0 Å². The van der Waals surface area contributed by atoms with Crippen LogP contribution in [0.25, 0.3) is 0 Å². The Balaban J connectivity index is 2.08. The predicted molar refractivity (Wildman–Crippen MR) is 70.6 cm³/mol. The molecule has 1 saturated heterocycles. The summed E-state index contributed by atoms with van der Waals surface area (Å²) in [5, 5.41) is 1.74. The molecule has 1 unspecified atom stereocenters. The van der Waals surface area contributed by atoms with E-state index < -0.39 is 0 Å². The van der Waals surface area contributed by atoms with E-state index in [1.54, 1.807) is 0 Å². The molecule has 16 heavy (non-hydrogen) atoms. The van der Waals surface area contributed by atoms with Crippen LogP contribution in [0.15, 0.2) is 18.2 Å². The highest BCUT2D eigenvalue weighted by molar-refractivity contribution is 6.35. The van der Waals surface area contributed by atoms with E-state index in [9.17, 15) is 0 Å². The minimum atomic E-state index is 0.259. The molecule has 0 saturated carbocycles. The summed E-state index contributed by atoms with van der Waals surface area (Å²) >= 11 is 18.4. The third-order valence-corrected chi connectivity index (χ3v) is 3.96. The fraction of sp³-hybridized carbons (Fsp3) is 0.500. The van der Waals surface area contributed by atoms with E-state index in [0.29, 0.717) is 0 Å². The summed E-state index contributed by atoms with van der Waals surface area (Å²) in [6.07, 6.45) is 2.25. The molecule has 2 rings (SSSR count). The molecule has 1 aromatic carbocycles. The zero-order valence-electron chi connectivity index (χ0n) is 8.93. The Bertz CT molecular complexity index is 347. The number of rotatable bonds is 2. The van der Waals surface area contributed by atoms with Gasteiger partial charge in [-0.1, -0.05) is 29.3 Å². The summed E-state index contributed by atoms with van der Waals surface area (Å²) in [6, 6.07) is 5.63. The first-order chi connectivity index (χ1) is 7.66. The van der Waals surface area contributed by atoms with E-state index in [1.807, 2.05) is 18.2 Å². The second-order valence-corrected chi connectivity index (χ2v) is 5.61. The van der Waals surface area contributed by atoms with Gasteiger partial charge in [-0.3, -0.25) is 4.90 Å². The number of nitrogens with zero attached hydrogens (tertiary/aromatic N) is 1. The molecule has 0 bridgehead atoms. The number of hydrogen-bond acceptors (Lipinski definition) is 1. The fourth-order valence-electron chi connectivity index (χ4n) is 2.05. The van der Waals surface area contributed by atoms with Gasteiger partial charge in [0.05, 0.1) is 0 Å². The summed E-state index contributed by atoms with van der Waals surface area (Å²) in [4.78, 5) is 2.31. The second-order valence-electron chi connectivity index (χ2n) is 4.17. The number of alkyl halides is 1. The maximum Gasteiger partial charge on any atom is 0.0465 e. The Morgan fingerprint density at radius 1 is 1.25 bits per heavy atom. The van der Waals surface area contributed by atoms with Gasteiger partial charge in [0.25, 0.3) is 0 Å². The summed E-state index contributed by atoms with van der Waals surface area (Å²) in [5.41, 5.74) is 1.01. The van der Waals surface area contributed by atoms with Gasteiger partial charge in [-0.2, -0.15) is 0 Å². The van der Waals surface area contributed by atoms with Gasteiger partial charge in [-0.05, 0) is 31.5 Å². The van der Waals surface area contributed by atoms with E-state index in [1.165, 1.54) is 0 Å². The highest BCUT2D eigenvalue weighted by atomic mass is 35.5. The topological polar surface area (TPSA) is 3.24 Å². The summed E-state index contributed by atoms with van der Waals surface area (Å²) in [5.74, 6) is 0. The lowest BCUT2D eigenvalue weighted by Crippen LogP contribution is -2.35. The van der Waals surface area contributed by atoms with Crippen molar-refractivity contribution < 1.29 is 0 Å². The van der Waals surface area contributed by atoms with Crippen molar-refractivity contribution in [2.75, 3.05) is 13.1 Å². The van der Waals surface area contributed by atoms with E-state index >= 15 is 0 Å². The highest BCUT2D eigenvalue weighted by Gasteiger charge is 2.19. The summed E-state index contributed by atoms with van der Waals surface area (Å²) < 4.78 is 0. The van der Waals surface area contributed by atoms with Gasteiger partial charge in [0.2, 0.25) is 0 Å². The number of likely N-dealkylation sites (tertiary alicyclic amines) is 1. The standard InChI is InChI=1S/C12H14Cl3N/c13-9-3-2-6-16(7-9)8-10-11(14)4-1-5-12(10)15/h1,4-5,9H,2-3,6-8H2. The molecular weight excluding hydrogens is 264 g/mol. The van der Waals surface area contributed by atoms with E-state index in [0.717, 1.165) is 48.1 Å². The van der Waals surface area contributed by atoms with Crippen molar-refractivity contribution >= 4 is 34.8 Å². The van der Waals surface area contributed by atoms with Gasteiger partial charge in [0.15, 0.2) is 0 Å². The Kier molecular flexibility index (Phi) is 4.37. The van der Waals surface area contributed by atoms with Crippen molar-refractivity contribution in [2.24, 2.45) is 0 Å². The smallest absolute Gasteiger partial charge is 0.0465 e. The van der Waals surface area contributed by atoms with Crippen molar-refractivity contribution in [3.63, 3.8) is 0 Å². The van der Waals surface area contributed by atoms with Gasteiger partial charge >= 0.3 is 0 Å². The molecule has 0 aromatic heterocycles. The van der Waals surface area contributed by atoms with Crippen LogP contribution in [0.4, 0.5) is 0 Å². The third-order valence-electron chi connectivity index (χ3n) is 2.89. The molecule has 0 amide bonds. The lowest BCUT2D eigenvalue weighted by atomic mass is 10.1. The molecule has 0 aliphatic carbocycles. The van der Waals surface area contributed by atoms with Crippen molar-refractivity contribution in [3.05, 3.63) is 33.8 Å². The average molecular weight is 279 g/mol. The monoisotopic (exact) mass is 277 g/mol. The number of benzene rings is 1. The van der Waals surface area contributed by atoms with E-state index in [-0.39, 0.29) is 5.38 Å². The lowest BCUT2D eigenvalue weighted by molar-refractivity contribution is 0.224. The Labute approximate surface area is 111 Å². The molecule has 0 spiro atoms. The second kappa shape index (κ2) is 5.59. The van der Waals surface area contributed by atoms with Crippen molar-refractivity contribution in [3.8, 4) is 0 Å². The highest BCUT2D eigenvalue weighted by Crippen LogP contribution is 2.27. The first kappa shape index (κ1) is 12.5. The lowest BCUT2D eigenvalue weighted by Gasteiger charge is -2.30. The predicted octanol–water partition coefficient (Wildman–Crippen LogP) is 4.20. The molecule has 1 aliphatic heterocycles. The van der Waals surface area contributed by atoms with Crippen LogP contribution in [-0.4, -0.2) is 23.4 Å². The fourth-order valence-corrected chi connectivity index (χ4v) is 2.92. The molecule has 1 aromatic rings. The van der Waals surface area contributed by atoms with Crippen LogP contribution in [0, 0.1) is 0 Å². The molecule has 1 atom stereocenters. The molecule has 1 fully saturated rings. The first-order valence-electron chi connectivity index (χ1n) is 5.46. The zero-order valence-corrected chi connectivity index (χ0v) is 11.2. The minimum absolute atomic E-state index is 0.259. The van der Waals surface area contributed by atoms with E-state index in [2.05, 4.69) is 4.90 Å². The minimum Gasteiger partial charge on any atom is -0.298 e. The Morgan fingerprint density at radius 3 is 2.56 bits per heavy atom. The molecule has 0 radical (unpaired) electrons. The van der Waals surface area contributed by atoms with Crippen LogP contribution in [-0.2, 0) is 6.54 Å². The van der Waals surface area contributed by atoms with E-state index in [4.69, 9.17) is 34.8 Å². The molecule has 1 aliphatic rings. The Hall–Kier alpha value is 0.0500. The quantitative estimate of drug-likeness (QED) is 0.733. The van der Waals surface area contributed by atoms with Crippen LogP contribution in [0.5, 0.6) is 0 Å². The average Bonchev–Trinajstić information content (AvgIpc) is 2.24. The molecule has 88 valence electrons. The number of halogens is 3. The van der Waals surface area contributed by atoms with Crippen LogP contribution >= 0.6 is 34.8 Å².